The Morgan fingerprint density at radius 3 is 2.56 bits per heavy atom. The van der Waals surface area contributed by atoms with Gasteiger partial charge in [-0.2, -0.15) is 0 Å². The Balaban J connectivity index is 1.48. The molecule has 3 aromatic rings. The van der Waals surface area contributed by atoms with Crippen molar-refractivity contribution in [2.45, 2.75) is 13.8 Å². The van der Waals surface area contributed by atoms with Gasteiger partial charge in [-0.05, 0) is 43.2 Å². The summed E-state index contributed by atoms with van der Waals surface area (Å²) in [4.78, 5) is 22.2. The number of hydrogen-bond donors (Lipinski definition) is 0. The van der Waals surface area contributed by atoms with Crippen LogP contribution >= 0.6 is 34.3 Å². The number of amides is 1. The van der Waals surface area contributed by atoms with Crippen molar-refractivity contribution in [1.29, 1.82) is 0 Å². The standard InChI is InChI=1S/C18H18ClN3OS2/c1-11-9-12(2)16-13(10-11)20-18(25-16)22-7-5-21(6-8-22)17(23)14-3-4-15(19)24-14/h3-4,9-10H,5-8H2,1-2H3. The van der Waals surface area contributed by atoms with Crippen LogP contribution in [0.15, 0.2) is 24.3 Å². The lowest BCUT2D eigenvalue weighted by Gasteiger charge is -2.34. The van der Waals surface area contributed by atoms with E-state index in [0.29, 0.717) is 22.3 Å². The van der Waals surface area contributed by atoms with Gasteiger partial charge in [-0.1, -0.05) is 29.0 Å². The minimum atomic E-state index is 0.0762. The third kappa shape index (κ3) is 3.26. The van der Waals surface area contributed by atoms with Crippen LogP contribution in [-0.4, -0.2) is 42.0 Å². The number of anilines is 1. The van der Waals surface area contributed by atoms with Crippen LogP contribution in [0.4, 0.5) is 5.13 Å². The summed E-state index contributed by atoms with van der Waals surface area (Å²) in [7, 11) is 0. The molecule has 1 aliphatic rings. The van der Waals surface area contributed by atoms with Crippen LogP contribution in [0.2, 0.25) is 4.34 Å². The molecule has 0 radical (unpaired) electrons. The Morgan fingerprint density at radius 2 is 1.88 bits per heavy atom. The molecule has 1 aliphatic heterocycles. The molecule has 1 saturated heterocycles. The van der Waals surface area contributed by atoms with Gasteiger partial charge in [0.15, 0.2) is 5.13 Å². The quantitative estimate of drug-likeness (QED) is 0.641. The summed E-state index contributed by atoms with van der Waals surface area (Å²) >= 11 is 9.03. The molecule has 0 atom stereocenters. The molecule has 130 valence electrons. The molecule has 0 aliphatic carbocycles. The monoisotopic (exact) mass is 391 g/mol. The number of carbonyl (C=O) groups is 1. The number of halogens is 1. The summed E-state index contributed by atoms with van der Waals surface area (Å²) in [6, 6.07) is 7.93. The molecule has 0 unspecified atom stereocenters. The molecule has 1 fully saturated rings. The lowest BCUT2D eigenvalue weighted by atomic mass is 10.1. The first-order valence-electron chi connectivity index (χ1n) is 8.18. The van der Waals surface area contributed by atoms with E-state index in [2.05, 4.69) is 30.9 Å². The van der Waals surface area contributed by atoms with Gasteiger partial charge >= 0.3 is 0 Å². The van der Waals surface area contributed by atoms with Crippen LogP contribution in [0, 0.1) is 13.8 Å². The normalized spacial score (nSPS) is 15.2. The van der Waals surface area contributed by atoms with Crippen molar-refractivity contribution >= 4 is 55.5 Å². The van der Waals surface area contributed by atoms with Gasteiger partial charge in [0.1, 0.15) is 0 Å². The Labute approximate surface area is 159 Å². The summed E-state index contributed by atoms with van der Waals surface area (Å²) in [5, 5.41) is 1.05. The van der Waals surface area contributed by atoms with Crippen molar-refractivity contribution in [1.82, 2.24) is 9.88 Å². The highest BCUT2D eigenvalue weighted by atomic mass is 35.5. The second-order valence-corrected chi connectivity index (χ2v) is 9.00. The maximum absolute atomic E-state index is 12.5. The lowest BCUT2D eigenvalue weighted by molar-refractivity contribution is 0.0751. The van der Waals surface area contributed by atoms with Gasteiger partial charge in [0.2, 0.25) is 0 Å². The second kappa shape index (κ2) is 6.59. The Kier molecular flexibility index (Phi) is 4.43. The number of thiazole rings is 1. The summed E-state index contributed by atoms with van der Waals surface area (Å²) in [5.74, 6) is 0.0762. The zero-order valence-electron chi connectivity index (χ0n) is 14.1. The number of benzene rings is 1. The Hall–Kier alpha value is -1.63. The fourth-order valence-electron chi connectivity index (χ4n) is 3.19. The third-order valence-corrected chi connectivity index (χ3v) is 6.92. The topological polar surface area (TPSA) is 36.4 Å². The predicted octanol–water partition coefficient (Wildman–Crippen LogP) is 4.59. The number of aryl methyl sites for hydroxylation is 2. The van der Waals surface area contributed by atoms with Gasteiger partial charge < -0.3 is 9.80 Å². The van der Waals surface area contributed by atoms with E-state index >= 15 is 0 Å². The van der Waals surface area contributed by atoms with E-state index < -0.39 is 0 Å². The SMILES string of the molecule is Cc1cc(C)c2sc(N3CCN(C(=O)c4ccc(Cl)s4)CC3)nc2c1. The molecule has 0 spiro atoms. The van der Waals surface area contributed by atoms with E-state index in [9.17, 15) is 4.79 Å². The fraction of sp³-hybridized carbons (Fsp3) is 0.333. The van der Waals surface area contributed by atoms with Gasteiger partial charge in [0.05, 0.1) is 19.4 Å². The van der Waals surface area contributed by atoms with Crippen LogP contribution in [0.1, 0.15) is 20.8 Å². The molecule has 0 saturated carbocycles. The Morgan fingerprint density at radius 1 is 1.12 bits per heavy atom. The highest BCUT2D eigenvalue weighted by Gasteiger charge is 2.25. The second-order valence-electron chi connectivity index (χ2n) is 6.31. The van der Waals surface area contributed by atoms with Crippen molar-refractivity contribution in [3.8, 4) is 0 Å². The first-order chi connectivity index (χ1) is 12.0. The lowest BCUT2D eigenvalue weighted by Crippen LogP contribution is -2.48. The highest BCUT2D eigenvalue weighted by molar-refractivity contribution is 7.22. The molecule has 2 aromatic heterocycles. The first kappa shape index (κ1) is 16.8. The molecule has 1 amide bonds. The van der Waals surface area contributed by atoms with Gasteiger partial charge in [0.25, 0.3) is 5.91 Å². The number of thiophene rings is 1. The van der Waals surface area contributed by atoms with Gasteiger partial charge in [-0.25, -0.2) is 4.98 Å². The van der Waals surface area contributed by atoms with Crippen LogP contribution in [0.5, 0.6) is 0 Å². The number of carbonyl (C=O) groups excluding carboxylic acids is 1. The molecular formula is C18H18ClN3OS2. The van der Waals surface area contributed by atoms with Crippen molar-refractivity contribution in [3.63, 3.8) is 0 Å². The van der Waals surface area contributed by atoms with Crippen molar-refractivity contribution in [2.24, 2.45) is 0 Å². The summed E-state index contributed by atoms with van der Waals surface area (Å²) in [5.41, 5.74) is 3.60. The van der Waals surface area contributed by atoms with Gasteiger partial charge in [0, 0.05) is 26.2 Å². The van der Waals surface area contributed by atoms with Crippen LogP contribution in [-0.2, 0) is 0 Å². The van der Waals surface area contributed by atoms with E-state index in [1.54, 1.807) is 23.5 Å². The number of fused-ring (bicyclic) bond motifs is 1. The summed E-state index contributed by atoms with van der Waals surface area (Å²) in [6.45, 7) is 7.28. The number of hydrogen-bond acceptors (Lipinski definition) is 5. The Bertz CT molecular complexity index is 941. The molecule has 4 rings (SSSR count). The van der Waals surface area contributed by atoms with Crippen molar-refractivity contribution in [2.75, 3.05) is 31.1 Å². The maximum Gasteiger partial charge on any atom is 0.264 e. The van der Waals surface area contributed by atoms with E-state index in [-0.39, 0.29) is 5.91 Å². The largest absolute Gasteiger partial charge is 0.345 e. The van der Waals surface area contributed by atoms with E-state index in [1.807, 2.05) is 4.90 Å². The molecule has 0 bridgehead atoms. The van der Waals surface area contributed by atoms with Crippen molar-refractivity contribution in [3.05, 3.63) is 44.6 Å². The van der Waals surface area contributed by atoms with Crippen molar-refractivity contribution < 1.29 is 4.79 Å². The minimum absolute atomic E-state index is 0.0762. The highest BCUT2D eigenvalue weighted by Crippen LogP contribution is 2.32. The third-order valence-electron chi connectivity index (χ3n) is 4.43. The summed E-state index contributed by atoms with van der Waals surface area (Å²) < 4.78 is 1.91. The number of piperazine rings is 1. The number of nitrogens with zero attached hydrogens (tertiary/aromatic N) is 3. The molecule has 3 heterocycles. The average Bonchev–Trinajstić information content (AvgIpc) is 3.21. The first-order valence-corrected chi connectivity index (χ1v) is 10.2. The van der Waals surface area contributed by atoms with E-state index in [0.717, 1.165) is 23.7 Å². The van der Waals surface area contributed by atoms with Crippen LogP contribution in [0.3, 0.4) is 0 Å². The van der Waals surface area contributed by atoms with Gasteiger partial charge in [-0.3, -0.25) is 4.79 Å². The molecular weight excluding hydrogens is 374 g/mol. The van der Waals surface area contributed by atoms with Gasteiger partial charge in [-0.15, -0.1) is 11.3 Å². The molecule has 1 aromatic carbocycles. The van der Waals surface area contributed by atoms with Crippen LogP contribution < -0.4 is 4.90 Å². The molecule has 4 nitrogen and oxygen atoms in total. The zero-order valence-corrected chi connectivity index (χ0v) is 16.5. The fourth-order valence-corrected chi connectivity index (χ4v) is 5.26. The molecule has 0 N–H and O–H groups in total. The predicted molar refractivity (Wildman–Crippen MR) is 107 cm³/mol. The van der Waals surface area contributed by atoms with E-state index in [4.69, 9.17) is 16.6 Å². The zero-order chi connectivity index (χ0) is 17.6. The number of rotatable bonds is 2. The summed E-state index contributed by atoms with van der Waals surface area (Å²) in [6.07, 6.45) is 0. The number of aromatic nitrogens is 1. The molecule has 25 heavy (non-hydrogen) atoms. The minimum Gasteiger partial charge on any atom is -0.345 e. The smallest absolute Gasteiger partial charge is 0.264 e. The van der Waals surface area contributed by atoms with E-state index in [1.165, 1.54) is 27.2 Å². The molecule has 7 heteroatoms. The average molecular weight is 392 g/mol. The maximum atomic E-state index is 12.5. The van der Waals surface area contributed by atoms with Crippen LogP contribution in [0.25, 0.3) is 10.2 Å².